The van der Waals surface area contributed by atoms with Crippen molar-refractivity contribution in [2.75, 3.05) is 19.4 Å². The van der Waals surface area contributed by atoms with Crippen LogP contribution in [0.3, 0.4) is 0 Å². The maximum atomic E-state index is 12.7. The van der Waals surface area contributed by atoms with Crippen LogP contribution in [0.5, 0.6) is 0 Å². The summed E-state index contributed by atoms with van der Waals surface area (Å²) in [5, 5.41) is 14.6. The molecule has 1 fully saturated rings. The quantitative estimate of drug-likeness (QED) is 0.676. The van der Waals surface area contributed by atoms with E-state index in [1.54, 1.807) is 20.2 Å². The normalized spacial score (nSPS) is 13.3. The molecule has 0 radical (unpaired) electrons. The summed E-state index contributed by atoms with van der Waals surface area (Å²) in [6.45, 7) is 1.95. The number of rotatable bonds is 6. The molecular weight excluding hydrogens is 374 g/mol. The Labute approximate surface area is 166 Å². The first kappa shape index (κ1) is 18.8. The summed E-state index contributed by atoms with van der Waals surface area (Å²) in [4.78, 5) is 30.4. The molecule has 2 aromatic heterocycles. The van der Waals surface area contributed by atoms with E-state index < -0.39 is 5.91 Å². The molecule has 150 valence electrons. The lowest BCUT2D eigenvalue weighted by molar-refractivity contribution is -0.129. The summed E-state index contributed by atoms with van der Waals surface area (Å²) in [7, 11) is 3.30. The third kappa shape index (κ3) is 4.15. The van der Waals surface area contributed by atoms with Gasteiger partial charge in [-0.3, -0.25) is 9.59 Å². The number of carbonyl (C=O) groups is 2. The fourth-order valence-electron chi connectivity index (χ4n) is 2.74. The average Bonchev–Trinajstić information content (AvgIpc) is 3.23. The average molecular weight is 395 g/mol. The van der Waals surface area contributed by atoms with Crippen molar-refractivity contribution in [3.8, 4) is 11.5 Å². The van der Waals surface area contributed by atoms with Crippen LogP contribution >= 0.6 is 0 Å². The first-order valence-electron chi connectivity index (χ1n) is 9.27. The lowest BCUT2D eigenvalue weighted by atomic mass is 10.1. The third-order valence-electron chi connectivity index (χ3n) is 4.61. The molecule has 0 bridgehead atoms. The van der Waals surface area contributed by atoms with Crippen molar-refractivity contribution in [2.24, 2.45) is 0 Å². The predicted octanol–water partition coefficient (Wildman–Crippen LogP) is 1.85. The zero-order valence-electron chi connectivity index (χ0n) is 16.4. The van der Waals surface area contributed by atoms with E-state index in [4.69, 9.17) is 4.52 Å². The fraction of sp³-hybridized carbons (Fsp3) is 0.368. The molecule has 29 heavy (non-hydrogen) atoms. The molecule has 0 unspecified atom stereocenters. The molecule has 0 spiro atoms. The van der Waals surface area contributed by atoms with E-state index in [1.165, 1.54) is 15.8 Å². The highest BCUT2D eigenvalue weighted by Gasteiger charge is 2.29. The molecule has 2 heterocycles. The van der Waals surface area contributed by atoms with Gasteiger partial charge in [0, 0.05) is 20.0 Å². The number of benzene rings is 1. The van der Waals surface area contributed by atoms with Crippen LogP contribution in [0.2, 0.25) is 0 Å². The van der Waals surface area contributed by atoms with E-state index in [-0.39, 0.29) is 18.1 Å². The van der Waals surface area contributed by atoms with Gasteiger partial charge in [-0.15, -0.1) is 5.10 Å². The van der Waals surface area contributed by atoms with Gasteiger partial charge in [0.15, 0.2) is 11.5 Å². The van der Waals surface area contributed by atoms with E-state index in [9.17, 15) is 9.59 Å². The van der Waals surface area contributed by atoms with Crippen molar-refractivity contribution in [2.45, 2.75) is 32.2 Å². The third-order valence-corrected chi connectivity index (χ3v) is 4.61. The van der Waals surface area contributed by atoms with Gasteiger partial charge in [-0.05, 0) is 31.9 Å². The zero-order chi connectivity index (χ0) is 20.5. The van der Waals surface area contributed by atoms with Crippen molar-refractivity contribution < 1.29 is 14.1 Å². The number of likely N-dealkylation sites (N-methyl/N-ethyl adjacent to an activating group) is 1. The van der Waals surface area contributed by atoms with Crippen LogP contribution < -0.4 is 5.32 Å². The van der Waals surface area contributed by atoms with Crippen LogP contribution in [0, 0.1) is 6.92 Å². The SMILES string of the molecule is Cc1ccc(NC(=O)c2cn(CC(=O)N(C)C)nn2)c(-c2nc(C3CC3)no2)c1. The molecular formula is C19H21N7O3. The minimum Gasteiger partial charge on any atom is -0.347 e. The number of anilines is 1. The molecule has 1 aromatic carbocycles. The van der Waals surface area contributed by atoms with Gasteiger partial charge in [0.2, 0.25) is 5.91 Å². The summed E-state index contributed by atoms with van der Waals surface area (Å²) in [6, 6.07) is 5.54. The summed E-state index contributed by atoms with van der Waals surface area (Å²) in [5.74, 6) is 0.847. The van der Waals surface area contributed by atoms with Gasteiger partial charge in [0.1, 0.15) is 6.54 Å². The molecule has 1 aliphatic rings. The number of carbonyl (C=O) groups excluding carboxylic acids is 2. The van der Waals surface area contributed by atoms with Crippen molar-refractivity contribution in [3.63, 3.8) is 0 Å². The Morgan fingerprint density at radius 3 is 2.83 bits per heavy atom. The maximum absolute atomic E-state index is 12.7. The second kappa shape index (κ2) is 7.46. The molecule has 2 amide bonds. The summed E-state index contributed by atoms with van der Waals surface area (Å²) in [5.41, 5.74) is 2.28. The molecule has 10 nitrogen and oxygen atoms in total. The molecule has 1 N–H and O–H groups in total. The number of hydrogen-bond acceptors (Lipinski definition) is 7. The molecule has 0 atom stereocenters. The highest BCUT2D eigenvalue weighted by molar-refractivity contribution is 6.04. The van der Waals surface area contributed by atoms with Crippen LogP contribution in [-0.4, -0.2) is 55.9 Å². The Kier molecular flexibility index (Phi) is 4.83. The molecule has 10 heteroatoms. The molecule has 1 aliphatic carbocycles. The van der Waals surface area contributed by atoms with Crippen LogP contribution in [0.1, 0.15) is 40.6 Å². The Hall–Kier alpha value is -3.56. The molecule has 0 aliphatic heterocycles. The van der Waals surface area contributed by atoms with Crippen LogP contribution in [0.4, 0.5) is 5.69 Å². The van der Waals surface area contributed by atoms with Gasteiger partial charge < -0.3 is 14.7 Å². The van der Waals surface area contributed by atoms with Gasteiger partial charge in [0.05, 0.1) is 17.4 Å². The fourth-order valence-corrected chi connectivity index (χ4v) is 2.74. The van der Waals surface area contributed by atoms with Gasteiger partial charge >= 0.3 is 0 Å². The second-order valence-corrected chi connectivity index (χ2v) is 7.32. The van der Waals surface area contributed by atoms with E-state index in [0.29, 0.717) is 28.9 Å². The van der Waals surface area contributed by atoms with E-state index >= 15 is 0 Å². The standard InChI is InChI=1S/C19H21N7O3/c1-11-4-7-14(13(8-11)19-21-17(23-29-19)12-5-6-12)20-18(28)15-9-26(24-22-15)10-16(27)25(2)3/h4,7-9,12H,5-6,10H2,1-3H3,(H,20,28). The smallest absolute Gasteiger partial charge is 0.277 e. The predicted molar refractivity (Wildman–Crippen MR) is 103 cm³/mol. The zero-order valence-corrected chi connectivity index (χ0v) is 16.4. The Bertz CT molecular complexity index is 1070. The van der Waals surface area contributed by atoms with E-state index in [2.05, 4.69) is 25.8 Å². The molecule has 4 rings (SSSR count). The highest BCUT2D eigenvalue weighted by Crippen LogP contribution is 2.39. The molecule has 0 saturated heterocycles. The number of amides is 2. The number of aryl methyl sites for hydroxylation is 1. The molecule has 1 saturated carbocycles. The first-order valence-corrected chi connectivity index (χ1v) is 9.27. The summed E-state index contributed by atoms with van der Waals surface area (Å²) < 4.78 is 6.75. The van der Waals surface area contributed by atoms with Crippen LogP contribution in [0.15, 0.2) is 28.9 Å². The summed E-state index contributed by atoms with van der Waals surface area (Å²) >= 11 is 0. The lowest BCUT2D eigenvalue weighted by Crippen LogP contribution is -2.26. The van der Waals surface area contributed by atoms with Gasteiger partial charge in [0.25, 0.3) is 11.8 Å². The maximum Gasteiger partial charge on any atom is 0.277 e. The van der Waals surface area contributed by atoms with Gasteiger partial charge in [-0.2, -0.15) is 4.98 Å². The number of nitrogens with one attached hydrogen (secondary N) is 1. The van der Waals surface area contributed by atoms with Gasteiger partial charge in [-0.25, -0.2) is 4.68 Å². The number of aromatic nitrogens is 5. The topological polar surface area (TPSA) is 119 Å². The number of nitrogens with zero attached hydrogens (tertiary/aromatic N) is 6. The second-order valence-electron chi connectivity index (χ2n) is 7.32. The number of hydrogen-bond donors (Lipinski definition) is 1. The van der Waals surface area contributed by atoms with Crippen LogP contribution in [0.25, 0.3) is 11.5 Å². The monoisotopic (exact) mass is 395 g/mol. The Morgan fingerprint density at radius 2 is 2.10 bits per heavy atom. The Morgan fingerprint density at radius 1 is 1.31 bits per heavy atom. The molecule has 3 aromatic rings. The summed E-state index contributed by atoms with van der Waals surface area (Å²) in [6.07, 6.45) is 3.58. The van der Waals surface area contributed by atoms with Crippen molar-refractivity contribution in [1.82, 2.24) is 30.0 Å². The van der Waals surface area contributed by atoms with E-state index in [1.807, 2.05) is 19.1 Å². The Balaban J connectivity index is 1.54. The van der Waals surface area contributed by atoms with Crippen molar-refractivity contribution in [3.05, 3.63) is 41.5 Å². The lowest BCUT2D eigenvalue weighted by Gasteiger charge is -2.09. The first-order chi connectivity index (χ1) is 13.9. The highest BCUT2D eigenvalue weighted by atomic mass is 16.5. The van der Waals surface area contributed by atoms with Gasteiger partial charge in [-0.1, -0.05) is 22.0 Å². The van der Waals surface area contributed by atoms with E-state index in [0.717, 1.165) is 18.4 Å². The minimum absolute atomic E-state index is 0.00892. The minimum atomic E-state index is -0.444. The largest absolute Gasteiger partial charge is 0.347 e. The van der Waals surface area contributed by atoms with Crippen molar-refractivity contribution >= 4 is 17.5 Å². The van der Waals surface area contributed by atoms with Crippen molar-refractivity contribution in [1.29, 1.82) is 0 Å². The van der Waals surface area contributed by atoms with Crippen LogP contribution in [-0.2, 0) is 11.3 Å².